The maximum atomic E-state index is 10.6. The molecule has 1 aliphatic heterocycles. The van der Waals surface area contributed by atoms with Crippen molar-refractivity contribution in [1.29, 1.82) is 0 Å². The number of anilines is 1. The summed E-state index contributed by atoms with van der Waals surface area (Å²) in [6.07, 6.45) is 1.94. The largest absolute Gasteiger partial charge is 0.438 e. The highest BCUT2D eigenvalue weighted by Crippen LogP contribution is 2.25. The van der Waals surface area contributed by atoms with Gasteiger partial charge in [-0.2, -0.15) is 0 Å². The first-order chi connectivity index (χ1) is 7.74. The quantitative estimate of drug-likeness (QED) is 0.736. The topological polar surface area (TPSA) is 42.7 Å². The van der Waals surface area contributed by atoms with Crippen LogP contribution in [0.4, 0.5) is 5.88 Å². The molecule has 1 aromatic rings. The van der Waals surface area contributed by atoms with E-state index in [4.69, 9.17) is 9.15 Å². The minimum Gasteiger partial charge on any atom is -0.438 e. The Kier molecular flexibility index (Phi) is 3.29. The molecule has 0 saturated carbocycles. The second kappa shape index (κ2) is 4.70. The van der Waals surface area contributed by atoms with Crippen molar-refractivity contribution in [2.75, 3.05) is 18.1 Å². The van der Waals surface area contributed by atoms with Crippen molar-refractivity contribution in [2.24, 2.45) is 0 Å². The van der Waals surface area contributed by atoms with Crippen LogP contribution in [0, 0.1) is 0 Å². The van der Waals surface area contributed by atoms with E-state index in [2.05, 4.69) is 11.8 Å². The maximum Gasteiger partial charge on any atom is 0.196 e. The molecule has 16 heavy (non-hydrogen) atoms. The molecule has 4 heteroatoms. The fraction of sp³-hybridized carbons (Fsp3) is 0.583. The van der Waals surface area contributed by atoms with Gasteiger partial charge in [-0.05, 0) is 19.4 Å². The zero-order valence-electron chi connectivity index (χ0n) is 9.68. The van der Waals surface area contributed by atoms with Gasteiger partial charge in [-0.3, -0.25) is 4.79 Å². The fourth-order valence-electron chi connectivity index (χ4n) is 2.01. The molecule has 2 heterocycles. The zero-order valence-corrected chi connectivity index (χ0v) is 9.68. The summed E-state index contributed by atoms with van der Waals surface area (Å²) in [5, 5.41) is 0. The smallest absolute Gasteiger partial charge is 0.196 e. The number of aldehydes is 1. The molecule has 1 aliphatic rings. The van der Waals surface area contributed by atoms with E-state index in [1.54, 1.807) is 6.07 Å². The van der Waals surface area contributed by atoms with Gasteiger partial charge in [-0.15, -0.1) is 0 Å². The van der Waals surface area contributed by atoms with Crippen LogP contribution in [-0.2, 0) is 4.74 Å². The first kappa shape index (κ1) is 11.2. The number of carbonyl (C=O) groups is 1. The van der Waals surface area contributed by atoms with E-state index in [9.17, 15) is 4.79 Å². The van der Waals surface area contributed by atoms with Crippen molar-refractivity contribution in [2.45, 2.75) is 32.4 Å². The number of rotatable bonds is 3. The molecule has 88 valence electrons. The molecule has 4 nitrogen and oxygen atoms in total. The lowest BCUT2D eigenvalue weighted by molar-refractivity contribution is 0.0282. The normalized spacial score (nSPS) is 25.8. The second-order valence-electron chi connectivity index (χ2n) is 4.15. The Morgan fingerprint density at radius 1 is 1.56 bits per heavy atom. The molecule has 0 amide bonds. The van der Waals surface area contributed by atoms with E-state index in [0.29, 0.717) is 11.8 Å². The number of hydrogen-bond acceptors (Lipinski definition) is 4. The Hall–Kier alpha value is -1.29. The molecule has 1 aromatic heterocycles. The molecule has 0 N–H and O–H groups in total. The number of hydrogen-bond donors (Lipinski definition) is 0. The average molecular weight is 223 g/mol. The molecule has 0 radical (unpaired) electrons. The van der Waals surface area contributed by atoms with E-state index in [0.717, 1.165) is 31.7 Å². The van der Waals surface area contributed by atoms with Crippen molar-refractivity contribution in [1.82, 2.24) is 0 Å². The highest BCUT2D eigenvalue weighted by atomic mass is 16.5. The van der Waals surface area contributed by atoms with Gasteiger partial charge in [0.25, 0.3) is 0 Å². The lowest BCUT2D eigenvalue weighted by Crippen LogP contribution is -2.48. The number of carbonyl (C=O) groups excluding carboxylic acids is 1. The summed E-state index contributed by atoms with van der Waals surface area (Å²) in [5.74, 6) is 1.15. The molecule has 0 aliphatic carbocycles. The van der Waals surface area contributed by atoms with E-state index in [-0.39, 0.29) is 6.10 Å². The summed E-state index contributed by atoms with van der Waals surface area (Å²) < 4.78 is 11.1. The van der Waals surface area contributed by atoms with Crippen LogP contribution in [0.3, 0.4) is 0 Å². The number of morpholine rings is 1. The molecule has 0 aromatic carbocycles. The van der Waals surface area contributed by atoms with Gasteiger partial charge in [0, 0.05) is 12.6 Å². The Morgan fingerprint density at radius 2 is 2.38 bits per heavy atom. The van der Waals surface area contributed by atoms with Crippen molar-refractivity contribution < 1.29 is 13.9 Å². The Labute approximate surface area is 95.2 Å². The predicted molar refractivity (Wildman–Crippen MR) is 60.9 cm³/mol. The molecule has 1 saturated heterocycles. The molecular weight excluding hydrogens is 206 g/mol. The van der Waals surface area contributed by atoms with E-state index < -0.39 is 0 Å². The van der Waals surface area contributed by atoms with E-state index in [1.165, 1.54) is 0 Å². The first-order valence-corrected chi connectivity index (χ1v) is 5.67. The molecule has 1 fully saturated rings. The third kappa shape index (κ3) is 2.11. The summed E-state index contributed by atoms with van der Waals surface area (Å²) in [4.78, 5) is 12.8. The Balaban J connectivity index is 2.18. The van der Waals surface area contributed by atoms with Crippen LogP contribution >= 0.6 is 0 Å². The lowest BCUT2D eigenvalue weighted by Gasteiger charge is -2.38. The van der Waals surface area contributed by atoms with E-state index in [1.807, 2.05) is 13.0 Å². The minimum absolute atomic E-state index is 0.201. The van der Waals surface area contributed by atoms with Crippen LogP contribution in [0.15, 0.2) is 16.5 Å². The van der Waals surface area contributed by atoms with Crippen molar-refractivity contribution in [3.05, 3.63) is 17.9 Å². The highest BCUT2D eigenvalue weighted by molar-refractivity contribution is 5.71. The van der Waals surface area contributed by atoms with Crippen LogP contribution in [-0.4, -0.2) is 31.6 Å². The van der Waals surface area contributed by atoms with E-state index >= 15 is 0 Å². The summed E-state index contributed by atoms with van der Waals surface area (Å²) >= 11 is 0. The van der Waals surface area contributed by atoms with Crippen molar-refractivity contribution in [3.8, 4) is 0 Å². The second-order valence-corrected chi connectivity index (χ2v) is 4.15. The van der Waals surface area contributed by atoms with Gasteiger partial charge in [0.2, 0.25) is 0 Å². The minimum atomic E-state index is 0.201. The molecule has 2 rings (SSSR count). The Morgan fingerprint density at radius 3 is 3.00 bits per heavy atom. The summed E-state index contributed by atoms with van der Waals surface area (Å²) in [6.45, 7) is 5.70. The summed E-state index contributed by atoms with van der Waals surface area (Å²) in [6, 6.07) is 3.89. The van der Waals surface area contributed by atoms with Gasteiger partial charge in [-0.25, -0.2) is 0 Å². The van der Waals surface area contributed by atoms with Gasteiger partial charge < -0.3 is 14.1 Å². The van der Waals surface area contributed by atoms with Crippen LogP contribution in [0.5, 0.6) is 0 Å². The lowest BCUT2D eigenvalue weighted by atomic mass is 10.1. The summed E-state index contributed by atoms with van der Waals surface area (Å²) in [5.41, 5.74) is 0. The van der Waals surface area contributed by atoms with Crippen LogP contribution in [0.25, 0.3) is 0 Å². The zero-order chi connectivity index (χ0) is 11.5. The maximum absolute atomic E-state index is 10.6. The van der Waals surface area contributed by atoms with Crippen LogP contribution in [0.1, 0.15) is 30.8 Å². The molecule has 0 spiro atoms. The van der Waals surface area contributed by atoms with Gasteiger partial charge in [0.1, 0.15) is 0 Å². The van der Waals surface area contributed by atoms with Crippen LogP contribution < -0.4 is 4.90 Å². The highest BCUT2D eigenvalue weighted by Gasteiger charge is 2.27. The van der Waals surface area contributed by atoms with Crippen molar-refractivity contribution >= 4 is 12.2 Å². The first-order valence-electron chi connectivity index (χ1n) is 5.67. The number of ether oxygens (including phenoxy) is 1. The predicted octanol–water partition coefficient (Wildman–Crippen LogP) is 2.10. The van der Waals surface area contributed by atoms with Gasteiger partial charge in [0.05, 0.1) is 18.8 Å². The fourth-order valence-corrected chi connectivity index (χ4v) is 2.01. The van der Waals surface area contributed by atoms with Gasteiger partial charge in [0.15, 0.2) is 17.9 Å². The molecular formula is C12H17NO3. The number of furan rings is 1. The van der Waals surface area contributed by atoms with Gasteiger partial charge >= 0.3 is 0 Å². The number of nitrogens with zero attached hydrogens (tertiary/aromatic N) is 1. The molecule has 0 bridgehead atoms. The summed E-state index contributed by atoms with van der Waals surface area (Å²) in [7, 11) is 0. The third-order valence-electron chi connectivity index (χ3n) is 2.95. The van der Waals surface area contributed by atoms with Crippen molar-refractivity contribution in [3.63, 3.8) is 0 Å². The van der Waals surface area contributed by atoms with Crippen LogP contribution in [0.2, 0.25) is 0 Å². The average Bonchev–Trinajstić information content (AvgIpc) is 2.77. The SMILES string of the molecule is CCC1COC(C)CN1c1ccc(C=O)o1. The Bertz CT molecular complexity index is 361. The standard InChI is InChI=1S/C12H17NO3/c1-3-10-8-15-9(2)6-13(10)12-5-4-11(7-14)16-12/h4-5,7,9-10H,3,6,8H2,1-2H3. The monoisotopic (exact) mass is 223 g/mol. The molecule has 2 atom stereocenters. The van der Waals surface area contributed by atoms with Gasteiger partial charge in [-0.1, -0.05) is 6.92 Å². The molecule has 2 unspecified atom stereocenters. The third-order valence-corrected chi connectivity index (χ3v) is 2.95.